The second-order valence-corrected chi connectivity index (χ2v) is 6.31. The zero-order valence-electron chi connectivity index (χ0n) is 14.8. The maximum absolute atomic E-state index is 12.1. The molecule has 1 N–H and O–H groups in total. The maximum Gasteiger partial charge on any atom is 0.200 e. The lowest BCUT2D eigenvalue weighted by Gasteiger charge is -2.27. The summed E-state index contributed by atoms with van der Waals surface area (Å²) in [5.41, 5.74) is 1.92. The highest BCUT2D eigenvalue weighted by molar-refractivity contribution is 5.64. The van der Waals surface area contributed by atoms with Gasteiger partial charge in [0.05, 0.1) is 13.2 Å². The van der Waals surface area contributed by atoms with Crippen LogP contribution in [0.1, 0.15) is 26.2 Å². The number of ether oxygens (including phenoxy) is 1. The van der Waals surface area contributed by atoms with Gasteiger partial charge in [-0.25, -0.2) is 0 Å². The van der Waals surface area contributed by atoms with Crippen LogP contribution in [0, 0.1) is 0 Å². The minimum absolute atomic E-state index is 0.0379. The van der Waals surface area contributed by atoms with Crippen LogP contribution in [0.5, 0.6) is 0 Å². The minimum Gasteiger partial charge on any atom is -0.440 e. The summed E-state index contributed by atoms with van der Waals surface area (Å²) in [6.45, 7) is 5.95. The Morgan fingerprint density at radius 3 is 2.76 bits per heavy atom. The molecule has 1 saturated heterocycles. The minimum atomic E-state index is -0.0379. The molecule has 1 aliphatic heterocycles. The van der Waals surface area contributed by atoms with E-state index in [-0.39, 0.29) is 5.43 Å². The van der Waals surface area contributed by atoms with Crippen molar-refractivity contribution in [3.8, 4) is 11.3 Å². The topological polar surface area (TPSA) is 54.7 Å². The molecule has 5 nitrogen and oxygen atoms in total. The van der Waals surface area contributed by atoms with Crippen LogP contribution in [0.3, 0.4) is 0 Å². The fourth-order valence-corrected chi connectivity index (χ4v) is 2.94. The normalized spacial score (nSPS) is 14.5. The SMILES string of the molecule is CCCCCNc1cccc(-c2cc(=O)cc(N3CCOCC3)o2)c1. The molecule has 3 rings (SSSR count). The van der Waals surface area contributed by atoms with Gasteiger partial charge in [-0.2, -0.15) is 0 Å². The van der Waals surface area contributed by atoms with Gasteiger partial charge in [0.1, 0.15) is 5.76 Å². The first-order chi connectivity index (χ1) is 12.3. The van der Waals surface area contributed by atoms with Gasteiger partial charge in [0.15, 0.2) is 11.3 Å². The number of unbranched alkanes of at least 4 members (excludes halogenated alkanes) is 2. The molecule has 0 spiro atoms. The first-order valence-electron chi connectivity index (χ1n) is 9.08. The molecule has 0 unspecified atom stereocenters. The summed E-state index contributed by atoms with van der Waals surface area (Å²) in [4.78, 5) is 14.2. The van der Waals surface area contributed by atoms with Gasteiger partial charge in [-0.1, -0.05) is 31.9 Å². The number of hydrogen-bond donors (Lipinski definition) is 1. The van der Waals surface area contributed by atoms with Crippen molar-refractivity contribution in [3.63, 3.8) is 0 Å². The van der Waals surface area contributed by atoms with Crippen LogP contribution in [-0.2, 0) is 4.74 Å². The number of nitrogens with zero attached hydrogens (tertiary/aromatic N) is 1. The van der Waals surface area contributed by atoms with Gasteiger partial charge < -0.3 is 19.4 Å². The molecule has 0 saturated carbocycles. The summed E-state index contributed by atoms with van der Waals surface area (Å²) in [5.74, 6) is 1.22. The molecule has 1 aliphatic rings. The van der Waals surface area contributed by atoms with Gasteiger partial charge in [-0.15, -0.1) is 0 Å². The van der Waals surface area contributed by atoms with E-state index < -0.39 is 0 Å². The van der Waals surface area contributed by atoms with Gasteiger partial charge >= 0.3 is 0 Å². The van der Waals surface area contributed by atoms with Crippen molar-refractivity contribution in [1.29, 1.82) is 0 Å². The lowest BCUT2D eigenvalue weighted by atomic mass is 10.1. The summed E-state index contributed by atoms with van der Waals surface area (Å²) in [7, 11) is 0. The number of rotatable bonds is 7. The van der Waals surface area contributed by atoms with Crippen molar-refractivity contribution in [3.05, 3.63) is 46.6 Å². The molecular weight excluding hydrogens is 316 g/mol. The molecule has 0 amide bonds. The summed E-state index contributed by atoms with van der Waals surface area (Å²) < 4.78 is 11.4. The number of benzene rings is 1. The second kappa shape index (κ2) is 8.72. The Kier molecular flexibility index (Phi) is 6.12. The Balaban J connectivity index is 1.78. The zero-order chi connectivity index (χ0) is 17.5. The summed E-state index contributed by atoms with van der Waals surface area (Å²) in [6, 6.07) is 11.1. The molecule has 0 bridgehead atoms. The number of hydrogen-bond acceptors (Lipinski definition) is 5. The van der Waals surface area contributed by atoms with Crippen LogP contribution in [0.25, 0.3) is 11.3 Å². The molecule has 0 radical (unpaired) electrons. The molecule has 1 aromatic heterocycles. The molecule has 2 aromatic rings. The van der Waals surface area contributed by atoms with E-state index in [0.29, 0.717) is 24.9 Å². The molecule has 1 fully saturated rings. The fourth-order valence-electron chi connectivity index (χ4n) is 2.94. The van der Waals surface area contributed by atoms with Gasteiger partial charge in [0.25, 0.3) is 0 Å². The monoisotopic (exact) mass is 342 g/mol. The van der Waals surface area contributed by atoms with Crippen LogP contribution in [0.2, 0.25) is 0 Å². The highest BCUT2D eigenvalue weighted by atomic mass is 16.5. The Hall–Kier alpha value is -2.27. The molecule has 5 heteroatoms. The average Bonchev–Trinajstić information content (AvgIpc) is 2.66. The molecule has 25 heavy (non-hydrogen) atoms. The lowest BCUT2D eigenvalue weighted by molar-refractivity contribution is 0.120. The Bertz CT molecular complexity index is 736. The van der Waals surface area contributed by atoms with Crippen LogP contribution in [0.4, 0.5) is 11.6 Å². The Morgan fingerprint density at radius 2 is 1.96 bits per heavy atom. The molecule has 0 aliphatic carbocycles. The van der Waals surface area contributed by atoms with Crippen molar-refractivity contribution in [2.75, 3.05) is 43.1 Å². The fraction of sp³-hybridized carbons (Fsp3) is 0.450. The van der Waals surface area contributed by atoms with Crippen molar-refractivity contribution in [2.24, 2.45) is 0 Å². The van der Waals surface area contributed by atoms with Gasteiger partial charge in [-0.3, -0.25) is 4.79 Å². The number of nitrogens with one attached hydrogen (secondary N) is 1. The van der Waals surface area contributed by atoms with E-state index in [1.165, 1.54) is 12.8 Å². The van der Waals surface area contributed by atoms with Crippen molar-refractivity contribution < 1.29 is 9.15 Å². The van der Waals surface area contributed by atoms with E-state index in [2.05, 4.69) is 17.1 Å². The van der Waals surface area contributed by atoms with Crippen molar-refractivity contribution in [1.82, 2.24) is 0 Å². The van der Waals surface area contributed by atoms with Crippen LogP contribution < -0.4 is 15.6 Å². The zero-order valence-corrected chi connectivity index (χ0v) is 14.8. The second-order valence-electron chi connectivity index (χ2n) is 6.31. The first kappa shape index (κ1) is 17.5. The van der Waals surface area contributed by atoms with Crippen molar-refractivity contribution >= 4 is 11.6 Å². The number of morpholine rings is 1. The van der Waals surface area contributed by atoms with E-state index in [1.54, 1.807) is 12.1 Å². The molecule has 0 atom stereocenters. The first-order valence-corrected chi connectivity index (χ1v) is 9.08. The summed E-state index contributed by atoms with van der Waals surface area (Å²) in [5, 5.41) is 3.44. The van der Waals surface area contributed by atoms with Gasteiger partial charge in [-0.05, 0) is 18.6 Å². The maximum atomic E-state index is 12.1. The Labute approximate surface area is 148 Å². The van der Waals surface area contributed by atoms with Crippen molar-refractivity contribution in [2.45, 2.75) is 26.2 Å². The quantitative estimate of drug-likeness (QED) is 0.777. The largest absolute Gasteiger partial charge is 0.440 e. The third kappa shape index (κ3) is 4.86. The van der Waals surface area contributed by atoms with E-state index in [4.69, 9.17) is 9.15 Å². The van der Waals surface area contributed by atoms with E-state index in [9.17, 15) is 4.79 Å². The van der Waals surface area contributed by atoms with E-state index in [1.807, 2.05) is 24.3 Å². The molecule has 134 valence electrons. The van der Waals surface area contributed by atoms with Gasteiger partial charge in [0, 0.05) is 43.0 Å². The predicted molar refractivity (Wildman–Crippen MR) is 101 cm³/mol. The Morgan fingerprint density at radius 1 is 1.12 bits per heavy atom. The van der Waals surface area contributed by atoms with Gasteiger partial charge in [0.2, 0.25) is 0 Å². The van der Waals surface area contributed by atoms with Crippen LogP contribution in [-0.4, -0.2) is 32.8 Å². The number of anilines is 2. The van der Waals surface area contributed by atoms with E-state index >= 15 is 0 Å². The summed E-state index contributed by atoms with van der Waals surface area (Å²) >= 11 is 0. The smallest absolute Gasteiger partial charge is 0.200 e. The lowest BCUT2D eigenvalue weighted by Crippen LogP contribution is -2.36. The van der Waals surface area contributed by atoms with E-state index in [0.717, 1.165) is 37.3 Å². The predicted octanol–water partition coefficient (Wildman–Crippen LogP) is 3.75. The highest BCUT2D eigenvalue weighted by Gasteiger charge is 2.15. The highest BCUT2D eigenvalue weighted by Crippen LogP contribution is 2.25. The standard InChI is InChI=1S/C20H26N2O3/c1-2-3-4-8-21-17-7-5-6-16(13-17)19-14-18(23)15-20(25-19)22-9-11-24-12-10-22/h5-7,13-15,21H,2-4,8-12H2,1H3. The van der Waals surface area contributed by atoms with Crippen LogP contribution >= 0.6 is 0 Å². The third-order valence-corrected chi connectivity index (χ3v) is 4.33. The molecule has 1 aromatic carbocycles. The average molecular weight is 342 g/mol. The summed E-state index contributed by atoms with van der Waals surface area (Å²) in [6.07, 6.45) is 3.59. The third-order valence-electron chi connectivity index (χ3n) is 4.33. The molecule has 2 heterocycles. The van der Waals surface area contributed by atoms with Crippen LogP contribution in [0.15, 0.2) is 45.6 Å². The molecular formula is C20H26N2O3.